The van der Waals surface area contributed by atoms with Crippen LogP contribution in [-0.2, 0) is 0 Å². The number of amides is 1. The summed E-state index contributed by atoms with van der Waals surface area (Å²) < 4.78 is 0. The van der Waals surface area contributed by atoms with Gasteiger partial charge in [-0.3, -0.25) is 20.2 Å². The number of rotatable bonds is 5. The van der Waals surface area contributed by atoms with Gasteiger partial charge in [0.25, 0.3) is 11.6 Å². The number of aliphatic hydroxyl groups excluding tert-OH is 1. The minimum atomic E-state index is -0.541. The second kappa shape index (κ2) is 7.51. The largest absolute Gasteiger partial charge is 0.394 e. The van der Waals surface area contributed by atoms with Gasteiger partial charge in [-0.25, -0.2) is 0 Å². The van der Waals surface area contributed by atoms with Crippen molar-refractivity contribution in [2.75, 3.05) is 6.61 Å². The van der Waals surface area contributed by atoms with Gasteiger partial charge in [0.05, 0.1) is 17.6 Å². The lowest BCUT2D eigenvalue weighted by molar-refractivity contribution is -0.384. The van der Waals surface area contributed by atoms with E-state index in [9.17, 15) is 14.9 Å². The second-order valence-corrected chi connectivity index (χ2v) is 4.43. The number of nitro benzene ring substituents is 1. The van der Waals surface area contributed by atoms with Gasteiger partial charge >= 0.3 is 0 Å². The van der Waals surface area contributed by atoms with Crippen molar-refractivity contribution in [3.8, 4) is 0 Å². The average Bonchev–Trinajstić information content (AvgIpc) is 2.44. The first-order valence-corrected chi connectivity index (χ1v) is 6.36. The van der Waals surface area contributed by atoms with Crippen molar-refractivity contribution < 1.29 is 14.8 Å². The molecule has 8 heteroatoms. The standard InChI is InChI=1S/C12H15N3O4S/c1-2-9(7-16)13-12(20)14-11(17)8-3-5-10(6-4-8)15(18)19/h3-6,9,16H,2,7H2,1H3,(H2,13,14,17,20). The Morgan fingerprint density at radius 3 is 2.50 bits per heavy atom. The zero-order chi connectivity index (χ0) is 15.1. The average molecular weight is 297 g/mol. The Balaban J connectivity index is 2.62. The van der Waals surface area contributed by atoms with E-state index in [2.05, 4.69) is 10.6 Å². The summed E-state index contributed by atoms with van der Waals surface area (Å²) in [5.74, 6) is -0.467. The molecule has 0 heterocycles. The lowest BCUT2D eigenvalue weighted by Crippen LogP contribution is -2.45. The van der Waals surface area contributed by atoms with Crippen LogP contribution in [0.2, 0.25) is 0 Å². The molecule has 0 aromatic heterocycles. The molecule has 0 bridgehead atoms. The van der Waals surface area contributed by atoms with E-state index in [1.807, 2.05) is 6.92 Å². The first-order valence-electron chi connectivity index (χ1n) is 5.95. The molecule has 1 rings (SSSR count). The van der Waals surface area contributed by atoms with Crippen molar-refractivity contribution in [1.82, 2.24) is 10.6 Å². The Labute approximate surface area is 121 Å². The maximum absolute atomic E-state index is 11.8. The summed E-state index contributed by atoms with van der Waals surface area (Å²) in [4.78, 5) is 21.8. The maximum Gasteiger partial charge on any atom is 0.269 e. The molecule has 0 radical (unpaired) electrons. The number of carbonyl (C=O) groups is 1. The zero-order valence-corrected chi connectivity index (χ0v) is 11.6. The molecule has 1 aromatic rings. The molecule has 0 fully saturated rings. The fourth-order valence-electron chi connectivity index (χ4n) is 1.41. The molecule has 0 saturated carbocycles. The van der Waals surface area contributed by atoms with Crippen LogP contribution in [0.4, 0.5) is 5.69 Å². The van der Waals surface area contributed by atoms with Crippen LogP contribution in [0, 0.1) is 10.1 Å². The van der Waals surface area contributed by atoms with Crippen LogP contribution in [0.25, 0.3) is 0 Å². The highest BCUT2D eigenvalue weighted by Crippen LogP contribution is 2.11. The summed E-state index contributed by atoms with van der Waals surface area (Å²) in [5.41, 5.74) is 0.172. The molecule has 0 saturated heterocycles. The fourth-order valence-corrected chi connectivity index (χ4v) is 1.67. The predicted molar refractivity (Wildman–Crippen MR) is 77.5 cm³/mol. The van der Waals surface area contributed by atoms with Crippen molar-refractivity contribution in [3.63, 3.8) is 0 Å². The zero-order valence-electron chi connectivity index (χ0n) is 10.8. The number of nitrogens with zero attached hydrogens (tertiary/aromatic N) is 1. The van der Waals surface area contributed by atoms with Crippen molar-refractivity contribution in [2.45, 2.75) is 19.4 Å². The second-order valence-electron chi connectivity index (χ2n) is 4.02. The van der Waals surface area contributed by atoms with Gasteiger partial charge in [-0.05, 0) is 30.8 Å². The van der Waals surface area contributed by atoms with Crippen molar-refractivity contribution in [2.24, 2.45) is 0 Å². The number of aliphatic hydroxyl groups is 1. The molecule has 108 valence electrons. The molecule has 0 aliphatic rings. The van der Waals surface area contributed by atoms with Gasteiger partial charge < -0.3 is 10.4 Å². The summed E-state index contributed by atoms with van der Waals surface area (Å²) in [6.07, 6.45) is 0.657. The molecule has 0 spiro atoms. The third-order valence-electron chi connectivity index (χ3n) is 2.62. The fraction of sp³-hybridized carbons (Fsp3) is 0.333. The van der Waals surface area contributed by atoms with E-state index in [1.165, 1.54) is 24.3 Å². The maximum atomic E-state index is 11.8. The third kappa shape index (κ3) is 4.56. The van der Waals surface area contributed by atoms with Gasteiger partial charge in [0.2, 0.25) is 0 Å². The van der Waals surface area contributed by atoms with Crippen LogP contribution in [0.3, 0.4) is 0 Å². The van der Waals surface area contributed by atoms with Crippen molar-refractivity contribution in [1.29, 1.82) is 0 Å². The number of hydrogen-bond donors (Lipinski definition) is 3. The number of carbonyl (C=O) groups excluding carboxylic acids is 1. The quantitative estimate of drug-likeness (QED) is 0.425. The lowest BCUT2D eigenvalue weighted by atomic mass is 10.2. The SMILES string of the molecule is CCC(CO)NC(=S)NC(=O)c1ccc([N+](=O)[O-])cc1. The Hall–Kier alpha value is -2.06. The van der Waals surface area contributed by atoms with E-state index in [-0.39, 0.29) is 29.0 Å². The number of nitro groups is 1. The molecule has 1 atom stereocenters. The van der Waals surface area contributed by atoms with E-state index in [0.717, 1.165) is 0 Å². The van der Waals surface area contributed by atoms with Crippen LogP contribution in [-0.4, -0.2) is 33.7 Å². The molecule has 0 aliphatic carbocycles. The predicted octanol–water partition coefficient (Wildman–Crippen LogP) is 0.970. The van der Waals surface area contributed by atoms with Gasteiger partial charge in [-0.2, -0.15) is 0 Å². The van der Waals surface area contributed by atoms with Crippen LogP contribution < -0.4 is 10.6 Å². The van der Waals surface area contributed by atoms with E-state index >= 15 is 0 Å². The topological polar surface area (TPSA) is 104 Å². The Bertz CT molecular complexity index is 500. The third-order valence-corrected chi connectivity index (χ3v) is 2.84. The Morgan fingerprint density at radius 2 is 2.05 bits per heavy atom. The molecule has 1 aromatic carbocycles. The molecule has 20 heavy (non-hydrogen) atoms. The van der Waals surface area contributed by atoms with Crippen LogP contribution in [0.1, 0.15) is 23.7 Å². The highest BCUT2D eigenvalue weighted by atomic mass is 32.1. The van der Waals surface area contributed by atoms with E-state index in [0.29, 0.717) is 6.42 Å². The van der Waals surface area contributed by atoms with Crippen LogP contribution >= 0.6 is 12.2 Å². The van der Waals surface area contributed by atoms with Crippen LogP contribution in [0.15, 0.2) is 24.3 Å². The molecular formula is C12H15N3O4S. The minimum absolute atomic E-state index is 0.0893. The van der Waals surface area contributed by atoms with E-state index in [1.54, 1.807) is 0 Å². The Kier molecular flexibility index (Phi) is 6.01. The molecule has 7 nitrogen and oxygen atoms in total. The monoisotopic (exact) mass is 297 g/mol. The summed E-state index contributed by atoms with van der Waals surface area (Å²) in [5, 5.41) is 24.8. The number of benzene rings is 1. The van der Waals surface area contributed by atoms with Crippen LogP contribution in [0.5, 0.6) is 0 Å². The number of hydrogen-bond acceptors (Lipinski definition) is 5. The molecule has 0 aliphatic heterocycles. The number of nitrogens with one attached hydrogen (secondary N) is 2. The molecule has 1 amide bonds. The van der Waals surface area contributed by atoms with E-state index < -0.39 is 10.8 Å². The molecule has 3 N–H and O–H groups in total. The summed E-state index contributed by atoms with van der Waals surface area (Å²) in [7, 11) is 0. The molecular weight excluding hydrogens is 282 g/mol. The normalized spacial score (nSPS) is 11.5. The number of thiocarbonyl (C=S) groups is 1. The van der Waals surface area contributed by atoms with Crippen molar-refractivity contribution in [3.05, 3.63) is 39.9 Å². The van der Waals surface area contributed by atoms with Crippen molar-refractivity contribution >= 4 is 28.9 Å². The summed E-state index contributed by atoms with van der Waals surface area (Å²) in [6, 6.07) is 4.96. The highest BCUT2D eigenvalue weighted by Gasteiger charge is 2.12. The van der Waals surface area contributed by atoms with Gasteiger partial charge in [-0.1, -0.05) is 6.92 Å². The summed E-state index contributed by atoms with van der Waals surface area (Å²) in [6.45, 7) is 1.78. The smallest absolute Gasteiger partial charge is 0.269 e. The first-order chi connectivity index (χ1) is 9.47. The van der Waals surface area contributed by atoms with Gasteiger partial charge in [0, 0.05) is 17.7 Å². The summed E-state index contributed by atoms with van der Waals surface area (Å²) >= 11 is 4.94. The van der Waals surface area contributed by atoms with E-state index in [4.69, 9.17) is 17.3 Å². The van der Waals surface area contributed by atoms with Gasteiger partial charge in [0.15, 0.2) is 5.11 Å². The number of non-ortho nitro benzene ring substituents is 1. The Morgan fingerprint density at radius 1 is 1.45 bits per heavy atom. The highest BCUT2D eigenvalue weighted by molar-refractivity contribution is 7.80. The van der Waals surface area contributed by atoms with Gasteiger partial charge in [0.1, 0.15) is 0 Å². The minimum Gasteiger partial charge on any atom is -0.394 e. The molecule has 1 unspecified atom stereocenters. The lowest BCUT2D eigenvalue weighted by Gasteiger charge is -2.16. The first kappa shape index (κ1) is 16.0. The van der Waals surface area contributed by atoms with Gasteiger partial charge in [-0.15, -0.1) is 0 Å².